The van der Waals surface area contributed by atoms with Gasteiger partial charge in [0, 0.05) is 23.6 Å². The molecule has 33 heavy (non-hydrogen) atoms. The maximum Gasteiger partial charge on any atom is 0.409 e. The van der Waals surface area contributed by atoms with Crippen molar-refractivity contribution in [1.82, 2.24) is 4.90 Å². The quantitative estimate of drug-likeness (QED) is 0.396. The van der Waals surface area contributed by atoms with Crippen molar-refractivity contribution in [3.8, 4) is 0 Å². The second-order valence-corrected chi connectivity index (χ2v) is 8.90. The molecule has 0 aromatic heterocycles. The van der Waals surface area contributed by atoms with E-state index in [1.54, 1.807) is 23.5 Å². The maximum atomic E-state index is 14.7. The summed E-state index contributed by atoms with van der Waals surface area (Å²) in [5.41, 5.74) is 0.908. The van der Waals surface area contributed by atoms with Crippen molar-refractivity contribution in [2.45, 2.75) is 44.6 Å². The minimum Gasteiger partial charge on any atom is -0.432 e. The van der Waals surface area contributed by atoms with Gasteiger partial charge in [-0.05, 0) is 44.8 Å². The van der Waals surface area contributed by atoms with E-state index in [0.717, 1.165) is 5.56 Å². The van der Waals surface area contributed by atoms with Gasteiger partial charge in [0.15, 0.2) is 0 Å². The van der Waals surface area contributed by atoms with Crippen LogP contribution in [0.2, 0.25) is 6.82 Å². The largest absolute Gasteiger partial charge is 0.432 e. The molecule has 2 N–H and O–H groups in total. The highest BCUT2D eigenvalue weighted by molar-refractivity contribution is 6.54. The van der Waals surface area contributed by atoms with Crippen LogP contribution in [0.1, 0.15) is 37.3 Å². The van der Waals surface area contributed by atoms with Gasteiger partial charge < -0.3 is 15.2 Å². The molecule has 2 aromatic rings. The Morgan fingerprint density at radius 3 is 2.67 bits per heavy atom. The molecule has 1 fully saturated rings. The van der Waals surface area contributed by atoms with E-state index in [4.69, 9.17) is 0 Å². The maximum absolute atomic E-state index is 14.7. The van der Waals surface area contributed by atoms with Gasteiger partial charge in [0.05, 0.1) is 23.8 Å². The second kappa shape index (κ2) is 8.76. The number of nitrogens with zero attached hydrogens (tertiary/aromatic N) is 3. The summed E-state index contributed by atoms with van der Waals surface area (Å²) >= 11 is 0. The van der Waals surface area contributed by atoms with Crippen molar-refractivity contribution < 1.29 is 19.1 Å². The third kappa shape index (κ3) is 3.87. The topological polar surface area (TPSA) is 99.0 Å². The van der Waals surface area contributed by atoms with E-state index in [0.29, 0.717) is 36.4 Å². The Hall–Kier alpha value is -2.98. The van der Waals surface area contributed by atoms with Gasteiger partial charge in [-0.25, -0.2) is 4.39 Å². The predicted molar refractivity (Wildman–Crippen MR) is 125 cm³/mol. The zero-order valence-electron chi connectivity index (χ0n) is 19.0. The lowest BCUT2D eigenvalue weighted by Gasteiger charge is -2.42. The molecule has 0 spiro atoms. The van der Waals surface area contributed by atoms with Crippen LogP contribution in [0.4, 0.5) is 15.8 Å². The molecule has 2 aromatic carbocycles. The number of halogens is 1. The number of nitrogens with one attached hydrogen (secondary N) is 1. The van der Waals surface area contributed by atoms with Crippen LogP contribution in [0.25, 0.3) is 0 Å². The zero-order valence-corrected chi connectivity index (χ0v) is 19.0. The molecule has 174 valence electrons. The minimum atomic E-state index is -1.26. The standard InChI is InChI=1S/C23H28BFN4O4/c1-4-28(24(3)31)19-13-16(25)12-18-21(19)26-22(30)23(18,2)27-11-10-17(20(14-27)29(32)33)15-8-6-5-7-9-15/h5-9,12-13,17,20,31H,4,10-11,14H2,1-3H3,(H,26,30)/t17-,20+,23?/m1/s1. The Kier molecular flexibility index (Phi) is 6.15. The Morgan fingerprint density at radius 2 is 2.06 bits per heavy atom. The second-order valence-electron chi connectivity index (χ2n) is 8.90. The Labute approximate surface area is 192 Å². The summed E-state index contributed by atoms with van der Waals surface area (Å²) in [5.74, 6) is -1.15. The number of rotatable bonds is 6. The number of nitro groups is 1. The van der Waals surface area contributed by atoms with Crippen molar-refractivity contribution >= 4 is 24.3 Å². The molecule has 1 amide bonds. The number of amides is 1. The molecule has 8 nitrogen and oxygen atoms in total. The fourth-order valence-corrected chi connectivity index (χ4v) is 5.28. The van der Waals surface area contributed by atoms with E-state index < -0.39 is 24.4 Å². The molecule has 1 saturated heterocycles. The number of benzene rings is 2. The highest BCUT2D eigenvalue weighted by Gasteiger charge is 2.53. The normalized spacial score (nSPS) is 24.8. The van der Waals surface area contributed by atoms with Gasteiger partial charge in [-0.15, -0.1) is 0 Å². The molecule has 0 aliphatic carbocycles. The number of carbonyl (C=O) groups is 1. The number of fused-ring (bicyclic) bond motifs is 1. The van der Waals surface area contributed by atoms with Gasteiger partial charge in [-0.1, -0.05) is 30.3 Å². The fourth-order valence-electron chi connectivity index (χ4n) is 5.28. The molecule has 4 rings (SSSR count). The molecule has 2 heterocycles. The molecule has 0 saturated carbocycles. The van der Waals surface area contributed by atoms with Crippen molar-refractivity contribution in [2.24, 2.45) is 0 Å². The van der Waals surface area contributed by atoms with Gasteiger partial charge in [-0.3, -0.25) is 19.8 Å². The minimum absolute atomic E-state index is 0.0651. The van der Waals surface area contributed by atoms with E-state index in [2.05, 4.69) is 5.32 Å². The van der Waals surface area contributed by atoms with Crippen molar-refractivity contribution in [2.75, 3.05) is 29.8 Å². The van der Waals surface area contributed by atoms with Crippen LogP contribution in [0.3, 0.4) is 0 Å². The highest BCUT2D eigenvalue weighted by Crippen LogP contribution is 2.47. The third-order valence-corrected chi connectivity index (χ3v) is 7.10. The van der Waals surface area contributed by atoms with E-state index in [1.807, 2.05) is 37.3 Å². The Balaban J connectivity index is 1.73. The van der Waals surface area contributed by atoms with Crippen LogP contribution < -0.4 is 10.1 Å². The summed E-state index contributed by atoms with van der Waals surface area (Å²) in [4.78, 5) is 28.4. The van der Waals surface area contributed by atoms with E-state index in [1.165, 1.54) is 12.1 Å². The first-order valence-electron chi connectivity index (χ1n) is 11.2. The molecule has 2 aliphatic rings. The number of hydrogen-bond donors (Lipinski definition) is 2. The predicted octanol–water partition coefficient (Wildman–Crippen LogP) is 3.06. The number of likely N-dealkylation sites (tertiary alicyclic amines) is 1. The summed E-state index contributed by atoms with van der Waals surface area (Å²) in [6, 6.07) is 11.1. The molecule has 2 aliphatic heterocycles. The molecule has 0 bridgehead atoms. The molecule has 1 unspecified atom stereocenters. The highest BCUT2D eigenvalue weighted by atomic mass is 19.1. The number of anilines is 2. The van der Waals surface area contributed by atoms with Gasteiger partial charge in [0.2, 0.25) is 11.9 Å². The molecule has 3 atom stereocenters. The SMILES string of the molecule is CCN(B(C)O)c1cc(F)cc2c1NC(=O)C2(C)N1CC[C@H](c2ccccc2)[C@@H]([N+](=O)[O-])C1. The lowest BCUT2D eigenvalue weighted by molar-refractivity contribution is -0.531. The fraction of sp³-hybridized carbons (Fsp3) is 0.435. The first-order chi connectivity index (χ1) is 15.7. The van der Waals surface area contributed by atoms with E-state index >= 15 is 0 Å². The van der Waals surface area contributed by atoms with Crippen LogP contribution in [-0.2, 0) is 10.3 Å². The van der Waals surface area contributed by atoms with Gasteiger partial charge >= 0.3 is 7.05 Å². The van der Waals surface area contributed by atoms with Crippen molar-refractivity contribution in [1.29, 1.82) is 0 Å². The van der Waals surface area contributed by atoms with Crippen LogP contribution in [0, 0.1) is 15.9 Å². The third-order valence-electron chi connectivity index (χ3n) is 7.10. The molecular weight excluding hydrogens is 426 g/mol. The molecular formula is C23H28BFN4O4. The average molecular weight is 454 g/mol. The monoisotopic (exact) mass is 454 g/mol. The van der Waals surface area contributed by atoms with Crippen molar-refractivity contribution in [3.05, 3.63) is 69.5 Å². The zero-order chi connectivity index (χ0) is 23.9. The number of piperidine rings is 1. The molecule has 10 heteroatoms. The summed E-state index contributed by atoms with van der Waals surface area (Å²) in [6.45, 7) is 6.02. The van der Waals surface area contributed by atoms with Crippen molar-refractivity contribution in [3.63, 3.8) is 0 Å². The summed E-state index contributed by atoms with van der Waals surface area (Å²) in [7, 11) is -0.884. The van der Waals surface area contributed by atoms with Gasteiger partial charge in [0.25, 0.3) is 0 Å². The van der Waals surface area contributed by atoms with Gasteiger partial charge in [0.1, 0.15) is 11.4 Å². The van der Waals surface area contributed by atoms with E-state index in [9.17, 15) is 24.3 Å². The van der Waals surface area contributed by atoms with Crippen LogP contribution in [0.5, 0.6) is 0 Å². The lowest BCUT2D eigenvalue weighted by Crippen LogP contribution is -2.57. The van der Waals surface area contributed by atoms with Crippen LogP contribution in [0.15, 0.2) is 42.5 Å². The van der Waals surface area contributed by atoms with Crippen LogP contribution in [-0.4, -0.2) is 53.5 Å². The van der Waals surface area contributed by atoms with E-state index in [-0.39, 0.29) is 23.3 Å². The summed E-state index contributed by atoms with van der Waals surface area (Å²) < 4.78 is 14.7. The van der Waals surface area contributed by atoms with Gasteiger partial charge in [-0.2, -0.15) is 0 Å². The molecule has 0 radical (unpaired) electrons. The first-order valence-corrected chi connectivity index (χ1v) is 11.2. The number of carbonyl (C=O) groups excluding carboxylic acids is 1. The Morgan fingerprint density at radius 1 is 1.36 bits per heavy atom. The summed E-state index contributed by atoms with van der Waals surface area (Å²) in [5, 5.41) is 25.1. The number of hydrogen-bond acceptors (Lipinski definition) is 6. The summed E-state index contributed by atoms with van der Waals surface area (Å²) in [6.07, 6.45) is 0.505. The Bertz CT molecular complexity index is 1070. The average Bonchev–Trinajstić information content (AvgIpc) is 3.05. The lowest BCUT2D eigenvalue weighted by atomic mass is 9.81. The van der Waals surface area contributed by atoms with Crippen LogP contribution >= 0.6 is 0 Å². The first kappa shape index (κ1) is 23.2. The smallest absolute Gasteiger partial charge is 0.409 e.